The second-order valence-corrected chi connectivity index (χ2v) is 9.85. The van der Waals surface area contributed by atoms with Gasteiger partial charge in [-0.3, -0.25) is 9.10 Å². The Morgan fingerprint density at radius 2 is 1.83 bits per heavy atom. The second kappa shape index (κ2) is 8.19. The molecule has 1 amide bonds. The zero-order valence-electron chi connectivity index (χ0n) is 16.9. The van der Waals surface area contributed by atoms with Gasteiger partial charge in [-0.15, -0.1) is 0 Å². The minimum absolute atomic E-state index is 0.193. The zero-order valence-corrected chi connectivity index (χ0v) is 17.7. The second-order valence-electron chi connectivity index (χ2n) is 8.02. The van der Waals surface area contributed by atoms with Gasteiger partial charge < -0.3 is 5.32 Å². The molecule has 0 bridgehead atoms. The topological polar surface area (TPSA) is 66.5 Å². The summed E-state index contributed by atoms with van der Waals surface area (Å²) in [6, 6.07) is 12.8. The van der Waals surface area contributed by atoms with Crippen LogP contribution in [-0.2, 0) is 21.2 Å². The summed E-state index contributed by atoms with van der Waals surface area (Å²) >= 11 is 0. The van der Waals surface area contributed by atoms with Crippen LogP contribution in [0, 0.1) is 5.92 Å². The fourth-order valence-electron chi connectivity index (χ4n) is 4.40. The Morgan fingerprint density at radius 3 is 2.59 bits per heavy atom. The van der Waals surface area contributed by atoms with Crippen LogP contribution < -0.4 is 9.62 Å². The number of hydrogen-bond acceptors (Lipinski definition) is 3. The molecule has 0 spiro atoms. The highest BCUT2D eigenvalue weighted by atomic mass is 32.2. The van der Waals surface area contributed by atoms with Gasteiger partial charge in [0, 0.05) is 17.7 Å². The number of benzene rings is 2. The lowest BCUT2D eigenvalue weighted by Crippen LogP contribution is -2.43. The van der Waals surface area contributed by atoms with Crippen LogP contribution in [0.25, 0.3) is 11.1 Å². The van der Waals surface area contributed by atoms with E-state index >= 15 is 0 Å². The summed E-state index contributed by atoms with van der Waals surface area (Å²) in [4.78, 5) is 12.9. The van der Waals surface area contributed by atoms with Crippen molar-refractivity contribution in [2.45, 2.75) is 50.3 Å². The molecule has 1 saturated carbocycles. The molecule has 0 saturated heterocycles. The molecule has 2 aromatic rings. The highest BCUT2D eigenvalue weighted by Gasteiger charge is 2.36. The predicted octanol–water partition coefficient (Wildman–Crippen LogP) is 4.12. The number of nitrogens with one attached hydrogen (secondary N) is 1. The Hall–Kier alpha value is -2.34. The van der Waals surface area contributed by atoms with Gasteiger partial charge in [-0.1, -0.05) is 50.5 Å². The van der Waals surface area contributed by atoms with Crippen molar-refractivity contribution in [3.05, 3.63) is 48.0 Å². The summed E-state index contributed by atoms with van der Waals surface area (Å²) in [5.41, 5.74) is 3.29. The molecule has 1 fully saturated rings. The van der Waals surface area contributed by atoms with Crippen molar-refractivity contribution in [1.29, 1.82) is 0 Å². The minimum Gasteiger partial charge on any atom is -0.354 e. The monoisotopic (exact) mass is 412 g/mol. The number of aryl methyl sites for hydroxylation is 1. The summed E-state index contributed by atoms with van der Waals surface area (Å²) < 4.78 is 27.9. The lowest BCUT2D eigenvalue weighted by Gasteiger charge is -2.32. The van der Waals surface area contributed by atoms with Crippen LogP contribution in [0.2, 0.25) is 0 Å². The number of nitrogens with zero attached hydrogens (tertiary/aromatic N) is 1. The number of carbonyl (C=O) groups is 1. The van der Waals surface area contributed by atoms with Gasteiger partial charge in [0.2, 0.25) is 5.91 Å². The summed E-state index contributed by atoms with van der Waals surface area (Å²) in [5, 5.41) is 2.97. The van der Waals surface area contributed by atoms with Crippen LogP contribution >= 0.6 is 0 Å². The molecule has 0 aromatic heterocycles. The van der Waals surface area contributed by atoms with E-state index < -0.39 is 10.0 Å². The van der Waals surface area contributed by atoms with E-state index in [1.165, 1.54) is 23.6 Å². The van der Waals surface area contributed by atoms with Crippen LogP contribution in [0.3, 0.4) is 0 Å². The van der Waals surface area contributed by atoms with E-state index in [0.29, 0.717) is 23.7 Å². The van der Waals surface area contributed by atoms with Crippen LogP contribution in [0.5, 0.6) is 0 Å². The van der Waals surface area contributed by atoms with Crippen molar-refractivity contribution in [2.24, 2.45) is 5.92 Å². The maximum Gasteiger partial charge on any atom is 0.265 e. The Labute approximate surface area is 173 Å². The van der Waals surface area contributed by atoms with Gasteiger partial charge in [-0.2, -0.15) is 0 Å². The number of rotatable bonds is 5. The fourth-order valence-corrected chi connectivity index (χ4v) is 6.05. The smallest absolute Gasteiger partial charge is 0.265 e. The number of sulfonamides is 1. The molecule has 2 aromatic carbocycles. The van der Waals surface area contributed by atoms with Crippen LogP contribution in [-0.4, -0.2) is 27.4 Å². The zero-order chi connectivity index (χ0) is 20.4. The maximum atomic E-state index is 13.3. The van der Waals surface area contributed by atoms with E-state index in [2.05, 4.69) is 12.2 Å². The molecule has 1 aliphatic carbocycles. The Balaban J connectivity index is 1.62. The first-order valence-electron chi connectivity index (χ1n) is 10.5. The Bertz CT molecular complexity index is 1010. The first kappa shape index (κ1) is 20.0. The summed E-state index contributed by atoms with van der Waals surface area (Å²) in [6.45, 7) is 2.51. The molecule has 1 N–H and O–H groups in total. The summed E-state index contributed by atoms with van der Waals surface area (Å²) in [5.74, 6) is 0.259. The van der Waals surface area contributed by atoms with Crippen molar-refractivity contribution < 1.29 is 13.2 Å². The molecule has 2 aliphatic rings. The van der Waals surface area contributed by atoms with Crippen molar-refractivity contribution in [3.63, 3.8) is 0 Å². The SMILES string of the molecule is CCc1ccc2c(c1)-c1ccccc1S(=O)(=O)N2CC(=O)NCC1CCCCC1. The van der Waals surface area contributed by atoms with E-state index in [1.54, 1.807) is 12.1 Å². The number of hydrogen-bond donors (Lipinski definition) is 1. The van der Waals surface area contributed by atoms with Crippen molar-refractivity contribution in [2.75, 3.05) is 17.4 Å². The van der Waals surface area contributed by atoms with Crippen LogP contribution in [0.15, 0.2) is 47.4 Å². The Kier molecular flexibility index (Phi) is 5.63. The summed E-state index contributed by atoms with van der Waals surface area (Å²) in [7, 11) is -3.78. The first-order valence-corrected chi connectivity index (χ1v) is 12.0. The molecule has 1 heterocycles. The molecule has 154 valence electrons. The molecule has 0 atom stereocenters. The van der Waals surface area contributed by atoms with Gasteiger partial charge >= 0.3 is 0 Å². The van der Waals surface area contributed by atoms with E-state index in [4.69, 9.17) is 0 Å². The average Bonchev–Trinajstić information content (AvgIpc) is 2.75. The van der Waals surface area contributed by atoms with E-state index in [0.717, 1.165) is 30.4 Å². The van der Waals surface area contributed by atoms with Crippen molar-refractivity contribution in [1.82, 2.24) is 5.32 Å². The van der Waals surface area contributed by atoms with Gasteiger partial charge in [0.05, 0.1) is 10.6 Å². The molecule has 1 aliphatic heterocycles. The number of fused-ring (bicyclic) bond motifs is 3. The van der Waals surface area contributed by atoms with Crippen molar-refractivity contribution in [3.8, 4) is 11.1 Å². The third-order valence-corrected chi connectivity index (χ3v) is 7.90. The number of carbonyl (C=O) groups excluding carboxylic acids is 1. The van der Waals surface area contributed by atoms with Gasteiger partial charge in [-0.25, -0.2) is 8.42 Å². The molecule has 5 nitrogen and oxygen atoms in total. The first-order chi connectivity index (χ1) is 14.0. The third-order valence-electron chi connectivity index (χ3n) is 6.08. The van der Waals surface area contributed by atoms with Gasteiger partial charge in [0.1, 0.15) is 6.54 Å². The lowest BCUT2D eigenvalue weighted by molar-refractivity contribution is -0.119. The molecule has 0 radical (unpaired) electrons. The largest absolute Gasteiger partial charge is 0.354 e. The third kappa shape index (κ3) is 3.90. The maximum absolute atomic E-state index is 13.3. The lowest BCUT2D eigenvalue weighted by atomic mass is 9.89. The van der Waals surface area contributed by atoms with Gasteiger partial charge in [0.25, 0.3) is 10.0 Å². The highest BCUT2D eigenvalue weighted by Crippen LogP contribution is 2.43. The molecular formula is C23H28N2O3S. The van der Waals surface area contributed by atoms with Gasteiger partial charge in [0.15, 0.2) is 0 Å². The van der Waals surface area contributed by atoms with E-state index in [-0.39, 0.29) is 17.3 Å². The predicted molar refractivity (Wildman–Crippen MR) is 115 cm³/mol. The average molecular weight is 413 g/mol. The van der Waals surface area contributed by atoms with E-state index in [1.807, 2.05) is 30.3 Å². The quantitative estimate of drug-likeness (QED) is 0.803. The molecule has 29 heavy (non-hydrogen) atoms. The van der Waals surface area contributed by atoms with E-state index in [9.17, 15) is 13.2 Å². The molecule has 6 heteroatoms. The Morgan fingerprint density at radius 1 is 1.07 bits per heavy atom. The van der Waals surface area contributed by atoms with Crippen molar-refractivity contribution >= 4 is 21.6 Å². The molecule has 0 unspecified atom stereocenters. The standard InChI is InChI=1S/C23H28N2O3S/c1-2-17-12-13-21-20(14-17)19-10-6-7-11-22(19)29(27,28)25(21)16-23(26)24-15-18-8-4-3-5-9-18/h6-7,10-14,18H,2-5,8-9,15-16H2,1H3,(H,24,26). The minimum atomic E-state index is -3.78. The van der Waals surface area contributed by atoms with Crippen LogP contribution in [0.1, 0.15) is 44.6 Å². The molecule has 4 rings (SSSR count). The number of anilines is 1. The highest BCUT2D eigenvalue weighted by molar-refractivity contribution is 7.93. The number of amides is 1. The van der Waals surface area contributed by atoms with Gasteiger partial charge in [-0.05, 0) is 48.9 Å². The fraction of sp³-hybridized carbons (Fsp3) is 0.435. The molecular weight excluding hydrogens is 384 g/mol. The normalized spacial score (nSPS) is 18.0. The van der Waals surface area contributed by atoms with Crippen LogP contribution in [0.4, 0.5) is 5.69 Å². The summed E-state index contributed by atoms with van der Waals surface area (Å²) in [6.07, 6.45) is 6.84.